The molecule has 2 rings (SSSR count). The SMILES string of the molecule is CO[C@@H]1O[C@H](CO)[C@@H](OC)C[C@H]1OCc1ccccc1C. The Labute approximate surface area is 125 Å². The van der Waals surface area contributed by atoms with E-state index in [1.54, 1.807) is 14.2 Å². The van der Waals surface area contributed by atoms with Crippen LogP contribution in [0.1, 0.15) is 17.5 Å². The van der Waals surface area contributed by atoms with E-state index < -0.39 is 6.29 Å². The number of rotatable bonds is 6. The molecular formula is C16H24O5. The molecule has 1 heterocycles. The molecule has 0 bridgehead atoms. The van der Waals surface area contributed by atoms with Gasteiger partial charge in [0.1, 0.15) is 12.2 Å². The van der Waals surface area contributed by atoms with Crippen LogP contribution in [0.3, 0.4) is 0 Å². The van der Waals surface area contributed by atoms with Gasteiger partial charge in [0, 0.05) is 20.6 Å². The summed E-state index contributed by atoms with van der Waals surface area (Å²) in [6, 6.07) is 8.11. The van der Waals surface area contributed by atoms with Crippen LogP contribution in [0, 0.1) is 6.92 Å². The first-order chi connectivity index (χ1) is 10.2. The van der Waals surface area contributed by atoms with Crippen molar-refractivity contribution in [2.75, 3.05) is 20.8 Å². The van der Waals surface area contributed by atoms with Gasteiger partial charge in [-0.25, -0.2) is 0 Å². The second-order valence-corrected chi connectivity index (χ2v) is 5.25. The Bertz CT molecular complexity index is 436. The summed E-state index contributed by atoms with van der Waals surface area (Å²) >= 11 is 0. The molecule has 5 heteroatoms. The molecule has 0 amide bonds. The summed E-state index contributed by atoms with van der Waals surface area (Å²) in [7, 11) is 3.19. The zero-order valence-corrected chi connectivity index (χ0v) is 12.8. The van der Waals surface area contributed by atoms with Crippen LogP contribution in [0.4, 0.5) is 0 Å². The maximum absolute atomic E-state index is 9.34. The first-order valence-electron chi connectivity index (χ1n) is 7.17. The summed E-state index contributed by atoms with van der Waals surface area (Å²) in [5, 5.41) is 9.34. The monoisotopic (exact) mass is 296 g/mol. The highest BCUT2D eigenvalue weighted by molar-refractivity contribution is 5.24. The van der Waals surface area contributed by atoms with Gasteiger partial charge in [0.25, 0.3) is 0 Å². The van der Waals surface area contributed by atoms with Crippen LogP contribution in [-0.2, 0) is 25.6 Å². The van der Waals surface area contributed by atoms with Gasteiger partial charge in [-0.2, -0.15) is 0 Å². The molecular weight excluding hydrogens is 272 g/mol. The van der Waals surface area contributed by atoms with Crippen molar-refractivity contribution in [1.82, 2.24) is 0 Å². The van der Waals surface area contributed by atoms with Gasteiger partial charge in [-0.1, -0.05) is 24.3 Å². The molecule has 4 atom stereocenters. The standard InChI is InChI=1S/C16H24O5/c1-11-6-4-5-7-12(11)10-20-14-8-13(18-2)15(9-17)21-16(14)19-3/h4-7,13-17H,8-10H2,1-3H3/t13-,14+,15+,16+/m0/s1. The topological polar surface area (TPSA) is 57.2 Å². The lowest BCUT2D eigenvalue weighted by atomic mass is 10.0. The van der Waals surface area contributed by atoms with E-state index in [1.807, 2.05) is 18.2 Å². The van der Waals surface area contributed by atoms with Crippen LogP contribution in [-0.4, -0.2) is 50.5 Å². The van der Waals surface area contributed by atoms with Crippen LogP contribution < -0.4 is 0 Å². The molecule has 0 unspecified atom stereocenters. The molecule has 118 valence electrons. The van der Waals surface area contributed by atoms with Crippen LogP contribution >= 0.6 is 0 Å². The third-order valence-corrected chi connectivity index (χ3v) is 3.92. The molecule has 0 aromatic heterocycles. The van der Waals surface area contributed by atoms with E-state index in [1.165, 1.54) is 5.56 Å². The van der Waals surface area contributed by atoms with E-state index in [4.69, 9.17) is 18.9 Å². The lowest BCUT2D eigenvalue weighted by molar-refractivity contribution is -0.276. The first-order valence-corrected chi connectivity index (χ1v) is 7.17. The number of ether oxygens (including phenoxy) is 4. The Morgan fingerprint density at radius 2 is 1.95 bits per heavy atom. The summed E-state index contributed by atoms with van der Waals surface area (Å²) in [4.78, 5) is 0. The van der Waals surface area contributed by atoms with Crippen LogP contribution in [0.2, 0.25) is 0 Å². The lowest BCUT2D eigenvalue weighted by Gasteiger charge is -2.39. The van der Waals surface area contributed by atoms with Crippen molar-refractivity contribution in [3.63, 3.8) is 0 Å². The number of aliphatic hydroxyl groups is 1. The minimum Gasteiger partial charge on any atom is -0.394 e. The number of aliphatic hydroxyl groups excluding tert-OH is 1. The summed E-state index contributed by atoms with van der Waals surface area (Å²) in [6.45, 7) is 2.47. The van der Waals surface area contributed by atoms with E-state index >= 15 is 0 Å². The van der Waals surface area contributed by atoms with Gasteiger partial charge in [-0.15, -0.1) is 0 Å². The Morgan fingerprint density at radius 1 is 1.19 bits per heavy atom. The molecule has 0 aliphatic carbocycles. The summed E-state index contributed by atoms with van der Waals surface area (Å²) < 4.78 is 22.4. The third-order valence-electron chi connectivity index (χ3n) is 3.92. The molecule has 0 spiro atoms. The van der Waals surface area contributed by atoms with Crippen molar-refractivity contribution in [3.8, 4) is 0 Å². The van der Waals surface area contributed by atoms with Crippen LogP contribution in [0.15, 0.2) is 24.3 Å². The summed E-state index contributed by atoms with van der Waals surface area (Å²) in [5.41, 5.74) is 2.34. The van der Waals surface area contributed by atoms with Gasteiger partial charge in [-0.3, -0.25) is 0 Å². The minimum atomic E-state index is -0.488. The Hall–Kier alpha value is -0.980. The fourth-order valence-electron chi connectivity index (χ4n) is 2.57. The fraction of sp³-hybridized carbons (Fsp3) is 0.625. The number of hydrogen-bond donors (Lipinski definition) is 1. The number of hydrogen-bond acceptors (Lipinski definition) is 5. The fourth-order valence-corrected chi connectivity index (χ4v) is 2.57. The van der Waals surface area contributed by atoms with Crippen molar-refractivity contribution in [2.45, 2.75) is 44.6 Å². The molecule has 1 aliphatic rings. The highest BCUT2D eigenvalue weighted by atomic mass is 16.7. The second kappa shape index (κ2) is 7.87. The molecule has 21 heavy (non-hydrogen) atoms. The van der Waals surface area contributed by atoms with Crippen LogP contribution in [0.5, 0.6) is 0 Å². The van der Waals surface area contributed by atoms with E-state index in [2.05, 4.69) is 13.0 Å². The van der Waals surface area contributed by atoms with Crippen molar-refractivity contribution in [2.24, 2.45) is 0 Å². The molecule has 1 aliphatic heterocycles. The van der Waals surface area contributed by atoms with E-state index in [0.717, 1.165) is 5.56 Å². The molecule has 1 fully saturated rings. The molecule has 5 nitrogen and oxygen atoms in total. The largest absolute Gasteiger partial charge is 0.394 e. The summed E-state index contributed by atoms with van der Waals surface area (Å²) in [5.74, 6) is 0. The minimum absolute atomic E-state index is 0.0944. The highest BCUT2D eigenvalue weighted by Gasteiger charge is 2.38. The highest BCUT2D eigenvalue weighted by Crippen LogP contribution is 2.26. The van der Waals surface area contributed by atoms with Crippen molar-refractivity contribution in [1.29, 1.82) is 0 Å². The second-order valence-electron chi connectivity index (χ2n) is 5.25. The average molecular weight is 296 g/mol. The lowest BCUT2D eigenvalue weighted by Crippen LogP contribution is -2.51. The van der Waals surface area contributed by atoms with Gasteiger partial charge in [-0.05, 0) is 18.1 Å². The Kier molecular flexibility index (Phi) is 6.14. The predicted octanol–water partition coefficient (Wildman–Crippen LogP) is 1.65. The third kappa shape index (κ3) is 4.02. The summed E-state index contributed by atoms with van der Waals surface area (Å²) in [6.07, 6.45) is -0.645. The molecule has 1 N–H and O–H groups in total. The van der Waals surface area contributed by atoms with Crippen molar-refractivity contribution >= 4 is 0 Å². The van der Waals surface area contributed by atoms with Gasteiger partial charge in [0.05, 0.1) is 19.3 Å². The predicted molar refractivity (Wildman–Crippen MR) is 77.9 cm³/mol. The number of methoxy groups -OCH3 is 2. The maximum Gasteiger partial charge on any atom is 0.184 e. The Balaban J connectivity index is 1.99. The van der Waals surface area contributed by atoms with Gasteiger partial charge in [0.15, 0.2) is 6.29 Å². The quantitative estimate of drug-likeness (QED) is 0.865. The van der Waals surface area contributed by atoms with E-state index in [9.17, 15) is 5.11 Å². The molecule has 0 saturated carbocycles. The number of benzene rings is 1. The maximum atomic E-state index is 9.34. The Morgan fingerprint density at radius 3 is 2.57 bits per heavy atom. The normalized spacial score (nSPS) is 29.5. The molecule has 1 aromatic carbocycles. The smallest absolute Gasteiger partial charge is 0.184 e. The molecule has 1 aromatic rings. The van der Waals surface area contributed by atoms with Crippen molar-refractivity contribution < 1.29 is 24.1 Å². The number of aryl methyl sites for hydroxylation is 1. The average Bonchev–Trinajstić information content (AvgIpc) is 2.53. The molecule has 1 saturated heterocycles. The van der Waals surface area contributed by atoms with Crippen molar-refractivity contribution in [3.05, 3.63) is 35.4 Å². The van der Waals surface area contributed by atoms with Crippen LogP contribution in [0.25, 0.3) is 0 Å². The zero-order valence-electron chi connectivity index (χ0n) is 12.8. The van der Waals surface area contributed by atoms with Gasteiger partial charge < -0.3 is 24.1 Å². The van der Waals surface area contributed by atoms with Gasteiger partial charge in [0.2, 0.25) is 0 Å². The molecule has 0 radical (unpaired) electrons. The van der Waals surface area contributed by atoms with E-state index in [-0.39, 0.29) is 24.9 Å². The van der Waals surface area contributed by atoms with E-state index in [0.29, 0.717) is 13.0 Å². The zero-order chi connectivity index (χ0) is 15.2. The first kappa shape index (κ1) is 16.4. The van der Waals surface area contributed by atoms with Gasteiger partial charge >= 0.3 is 0 Å².